The number of carbonyl (C=O) groups excluding carboxylic acids is 2. The van der Waals surface area contributed by atoms with Gasteiger partial charge < -0.3 is 14.2 Å². The molecular formula is C23H27N3O3. The van der Waals surface area contributed by atoms with Crippen LogP contribution in [0.3, 0.4) is 0 Å². The van der Waals surface area contributed by atoms with Crippen molar-refractivity contribution in [2.45, 2.75) is 38.3 Å². The van der Waals surface area contributed by atoms with Crippen LogP contribution in [0.15, 0.2) is 41.2 Å². The fraction of sp³-hybridized carbons (Fsp3) is 0.478. The summed E-state index contributed by atoms with van der Waals surface area (Å²) >= 11 is 0. The van der Waals surface area contributed by atoms with Crippen molar-refractivity contribution in [2.75, 3.05) is 32.7 Å². The molecule has 1 aromatic carbocycles. The van der Waals surface area contributed by atoms with Gasteiger partial charge in [0.05, 0.1) is 11.8 Å². The number of piperazine rings is 1. The summed E-state index contributed by atoms with van der Waals surface area (Å²) in [6.45, 7) is 4.86. The molecule has 2 aromatic rings. The highest BCUT2D eigenvalue weighted by Crippen LogP contribution is 2.26. The average Bonchev–Trinajstić information content (AvgIpc) is 3.26. The molecule has 6 heteroatoms. The minimum atomic E-state index is -0.00566. The SMILES string of the molecule is O=C(c1ccc2c(c1)CCN(C(=O)c1ccoc1)C2)N1CCN(C2CCC2)CC1. The fourth-order valence-corrected chi connectivity index (χ4v) is 4.65. The Balaban J connectivity index is 1.23. The molecule has 1 aromatic heterocycles. The lowest BCUT2D eigenvalue weighted by atomic mass is 9.91. The minimum Gasteiger partial charge on any atom is -0.472 e. The fourth-order valence-electron chi connectivity index (χ4n) is 4.65. The van der Waals surface area contributed by atoms with Crippen molar-refractivity contribution >= 4 is 11.8 Å². The molecule has 2 aliphatic heterocycles. The molecule has 2 amide bonds. The van der Waals surface area contributed by atoms with E-state index in [1.165, 1.54) is 37.4 Å². The summed E-state index contributed by atoms with van der Waals surface area (Å²) < 4.78 is 5.03. The van der Waals surface area contributed by atoms with Gasteiger partial charge in [0.25, 0.3) is 11.8 Å². The van der Waals surface area contributed by atoms with Crippen LogP contribution in [0, 0.1) is 0 Å². The Morgan fingerprint density at radius 2 is 1.66 bits per heavy atom. The Morgan fingerprint density at radius 1 is 0.862 bits per heavy atom. The molecule has 0 unspecified atom stereocenters. The number of rotatable bonds is 3. The van der Waals surface area contributed by atoms with Crippen LogP contribution in [0.5, 0.6) is 0 Å². The van der Waals surface area contributed by atoms with Gasteiger partial charge in [-0.2, -0.15) is 0 Å². The van der Waals surface area contributed by atoms with Crippen LogP contribution >= 0.6 is 0 Å². The Bertz CT molecular complexity index is 896. The maximum atomic E-state index is 13.0. The molecule has 5 rings (SSSR count). The number of furan rings is 1. The maximum absolute atomic E-state index is 13.0. The summed E-state index contributed by atoms with van der Waals surface area (Å²) in [7, 11) is 0. The van der Waals surface area contributed by atoms with Crippen LogP contribution in [0.2, 0.25) is 0 Å². The molecule has 3 heterocycles. The summed E-state index contributed by atoms with van der Waals surface area (Å²) in [6, 6.07) is 8.43. The van der Waals surface area contributed by atoms with Crippen molar-refractivity contribution in [3.05, 3.63) is 59.0 Å². The molecule has 152 valence electrons. The largest absolute Gasteiger partial charge is 0.472 e. The summed E-state index contributed by atoms with van der Waals surface area (Å²) in [5.41, 5.74) is 3.66. The van der Waals surface area contributed by atoms with Gasteiger partial charge in [-0.3, -0.25) is 14.5 Å². The molecule has 0 N–H and O–H groups in total. The van der Waals surface area contributed by atoms with Crippen molar-refractivity contribution in [3.8, 4) is 0 Å². The van der Waals surface area contributed by atoms with Crippen LogP contribution in [-0.4, -0.2) is 65.3 Å². The number of hydrogen-bond acceptors (Lipinski definition) is 4. The normalized spacial score (nSPS) is 20.3. The summed E-state index contributed by atoms with van der Waals surface area (Å²) in [4.78, 5) is 31.9. The Labute approximate surface area is 171 Å². The van der Waals surface area contributed by atoms with Crippen LogP contribution in [0.25, 0.3) is 0 Å². The van der Waals surface area contributed by atoms with Gasteiger partial charge in [0.1, 0.15) is 6.26 Å². The van der Waals surface area contributed by atoms with Crippen LogP contribution in [-0.2, 0) is 13.0 Å². The molecule has 6 nitrogen and oxygen atoms in total. The molecule has 1 saturated carbocycles. The van der Waals surface area contributed by atoms with E-state index < -0.39 is 0 Å². The molecule has 1 aliphatic carbocycles. The molecule has 29 heavy (non-hydrogen) atoms. The first-order valence-electron chi connectivity index (χ1n) is 10.7. The van der Waals surface area contributed by atoms with Gasteiger partial charge in [-0.15, -0.1) is 0 Å². The number of amides is 2. The van der Waals surface area contributed by atoms with Crippen molar-refractivity contribution in [1.82, 2.24) is 14.7 Å². The number of carbonyl (C=O) groups is 2. The second kappa shape index (κ2) is 7.67. The topological polar surface area (TPSA) is 57.0 Å². The van der Waals surface area contributed by atoms with Crippen LogP contribution in [0.1, 0.15) is 51.1 Å². The third-order valence-corrected chi connectivity index (χ3v) is 6.71. The Kier molecular flexibility index (Phi) is 4.87. The van der Waals surface area contributed by atoms with Gasteiger partial charge in [0.2, 0.25) is 0 Å². The van der Waals surface area contributed by atoms with Crippen LogP contribution < -0.4 is 0 Å². The predicted octanol–water partition coefficient (Wildman–Crippen LogP) is 2.79. The van der Waals surface area contributed by atoms with E-state index in [1.54, 1.807) is 6.07 Å². The van der Waals surface area contributed by atoms with Gasteiger partial charge in [-0.05, 0) is 48.6 Å². The molecule has 0 bridgehead atoms. The summed E-state index contributed by atoms with van der Waals surface area (Å²) in [6.07, 6.45) is 7.77. The third-order valence-electron chi connectivity index (χ3n) is 6.71. The second-order valence-corrected chi connectivity index (χ2v) is 8.39. The lowest BCUT2D eigenvalue weighted by Gasteiger charge is -2.43. The van der Waals surface area contributed by atoms with E-state index in [2.05, 4.69) is 4.90 Å². The zero-order chi connectivity index (χ0) is 19.8. The predicted molar refractivity (Wildman–Crippen MR) is 109 cm³/mol. The Morgan fingerprint density at radius 3 is 2.34 bits per heavy atom. The lowest BCUT2D eigenvalue weighted by Crippen LogP contribution is -2.53. The molecule has 3 aliphatic rings. The second-order valence-electron chi connectivity index (χ2n) is 8.39. The lowest BCUT2D eigenvalue weighted by molar-refractivity contribution is 0.0455. The number of fused-ring (bicyclic) bond motifs is 1. The standard InChI is InChI=1S/C23H27N3O3/c27-22(25-11-9-24(10-12-25)21-2-1-3-21)18-4-5-19-15-26(8-6-17(19)14-18)23(28)20-7-13-29-16-20/h4-5,7,13-14,16,21H,1-3,6,8-12,15H2. The third kappa shape index (κ3) is 3.57. The summed E-state index contributed by atoms with van der Waals surface area (Å²) in [5, 5.41) is 0. The summed E-state index contributed by atoms with van der Waals surface area (Å²) in [5.74, 6) is 0.131. The minimum absolute atomic E-state index is 0.00566. The monoisotopic (exact) mass is 393 g/mol. The zero-order valence-electron chi connectivity index (χ0n) is 16.7. The van der Waals surface area contributed by atoms with Crippen molar-refractivity contribution in [1.29, 1.82) is 0 Å². The highest BCUT2D eigenvalue weighted by atomic mass is 16.3. The van der Waals surface area contributed by atoms with E-state index in [0.717, 1.165) is 49.8 Å². The van der Waals surface area contributed by atoms with Crippen molar-refractivity contribution in [2.24, 2.45) is 0 Å². The number of nitrogens with zero attached hydrogens (tertiary/aromatic N) is 3. The molecule has 0 radical (unpaired) electrons. The van der Waals surface area contributed by atoms with Gasteiger partial charge in [0.15, 0.2) is 0 Å². The van der Waals surface area contributed by atoms with E-state index >= 15 is 0 Å². The van der Waals surface area contributed by atoms with E-state index in [-0.39, 0.29) is 11.8 Å². The van der Waals surface area contributed by atoms with Crippen LogP contribution in [0.4, 0.5) is 0 Å². The zero-order valence-corrected chi connectivity index (χ0v) is 16.7. The maximum Gasteiger partial charge on any atom is 0.257 e. The first kappa shape index (κ1) is 18.4. The number of hydrogen-bond donors (Lipinski definition) is 0. The van der Waals surface area contributed by atoms with Gasteiger partial charge in [-0.25, -0.2) is 0 Å². The molecule has 0 atom stereocenters. The first-order chi connectivity index (χ1) is 14.2. The number of benzene rings is 1. The van der Waals surface area contributed by atoms with E-state index in [1.807, 2.05) is 28.0 Å². The Hall–Kier alpha value is -2.60. The highest BCUT2D eigenvalue weighted by Gasteiger charge is 2.30. The van der Waals surface area contributed by atoms with Crippen molar-refractivity contribution in [3.63, 3.8) is 0 Å². The van der Waals surface area contributed by atoms with E-state index in [9.17, 15) is 9.59 Å². The molecule has 2 fully saturated rings. The first-order valence-corrected chi connectivity index (χ1v) is 10.7. The van der Waals surface area contributed by atoms with Crippen molar-refractivity contribution < 1.29 is 14.0 Å². The van der Waals surface area contributed by atoms with Gasteiger partial charge >= 0.3 is 0 Å². The quantitative estimate of drug-likeness (QED) is 0.805. The van der Waals surface area contributed by atoms with E-state index in [0.29, 0.717) is 18.7 Å². The van der Waals surface area contributed by atoms with Gasteiger partial charge in [-0.1, -0.05) is 12.5 Å². The van der Waals surface area contributed by atoms with E-state index in [4.69, 9.17) is 4.42 Å². The molecule has 0 spiro atoms. The molecular weight excluding hydrogens is 366 g/mol. The average molecular weight is 393 g/mol. The smallest absolute Gasteiger partial charge is 0.257 e. The van der Waals surface area contributed by atoms with Gasteiger partial charge in [0, 0.05) is 50.9 Å². The molecule has 1 saturated heterocycles. The highest BCUT2D eigenvalue weighted by molar-refractivity contribution is 5.95.